The first-order valence-electron chi connectivity index (χ1n) is 7.75. The van der Waals surface area contributed by atoms with Gasteiger partial charge in [0.15, 0.2) is 14.9 Å². The second-order valence-corrected chi connectivity index (χ2v) is 9.19. The summed E-state index contributed by atoms with van der Waals surface area (Å²) in [5, 5.41) is 3.09. The summed E-state index contributed by atoms with van der Waals surface area (Å²) >= 11 is 9.25. The van der Waals surface area contributed by atoms with E-state index in [1.165, 1.54) is 12.1 Å². The molecule has 142 valence electrons. The number of imidazole rings is 1. The van der Waals surface area contributed by atoms with Crippen LogP contribution in [-0.2, 0) is 9.84 Å². The van der Waals surface area contributed by atoms with Crippen LogP contribution in [-0.4, -0.2) is 29.6 Å². The molecule has 27 heavy (non-hydrogen) atoms. The zero-order chi connectivity index (χ0) is 19.8. The molecule has 0 bridgehead atoms. The predicted molar refractivity (Wildman–Crippen MR) is 105 cm³/mol. The van der Waals surface area contributed by atoms with Gasteiger partial charge in [-0.25, -0.2) is 22.8 Å². The second kappa shape index (κ2) is 7.57. The zero-order valence-corrected chi connectivity index (χ0v) is 17.5. The van der Waals surface area contributed by atoms with Crippen molar-refractivity contribution in [3.05, 3.63) is 68.9 Å². The van der Waals surface area contributed by atoms with Crippen molar-refractivity contribution in [2.75, 3.05) is 11.6 Å². The van der Waals surface area contributed by atoms with Gasteiger partial charge in [-0.1, -0.05) is 17.7 Å². The number of H-pyrrole nitrogens is 1. The number of pyridine rings is 1. The molecule has 0 aliphatic carbocycles. The van der Waals surface area contributed by atoms with Gasteiger partial charge in [0.25, 0.3) is 0 Å². The van der Waals surface area contributed by atoms with Crippen LogP contribution in [0, 0.1) is 12.7 Å². The molecule has 1 atom stereocenters. The number of rotatable bonds is 5. The quantitative estimate of drug-likeness (QED) is 0.578. The normalized spacial score (nSPS) is 12.8. The first kappa shape index (κ1) is 19.8. The lowest BCUT2D eigenvalue weighted by Crippen LogP contribution is -2.15. The van der Waals surface area contributed by atoms with Crippen LogP contribution < -0.4 is 5.32 Å². The van der Waals surface area contributed by atoms with Crippen molar-refractivity contribution < 1.29 is 12.8 Å². The summed E-state index contributed by atoms with van der Waals surface area (Å²) < 4.78 is 38.3. The number of sulfone groups is 1. The molecule has 2 aromatic heterocycles. The van der Waals surface area contributed by atoms with Crippen LogP contribution in [0.3, 0.4) is 0 Å². The Balaban J connectivity index is 2.09. The Morgan fingerprint density at radius 1 is 1.30 bits per heavy atom. The van der Waals surface area contributed by atoms with Gasteiger partial charge in [0, 0.05) is 16.9 Å². The van der Waals surface area contributed by atoms with Gasteiger partial charge in [-0.2, -0.15) is 0 Å². The van der Waals surface area contributed by atoms with Crippen LogP contribution >= 0.6 is 27.5 Å². The minimum atomic E-state index is -3.50. The predicted octanol–water partition coefficient (Wildman–Crippen LogP) is 4.27. The Bertz CT molecular complexity index is 1090. The third-order valence-electron chi connectivity index (χ3n) is 3.78. The van der Waals surface area contributed by atoms with Crippen LogP contribution in [0.15, 0.2) is 46.0 Å². The Morgan fingerprint density at radius 3 is 2.59 bits per heavy atom. The van der Waals surface area contributed by atoms with E-state index >= 15 is 0 Å². The highest BCUT2D eigenvalue weighted by Crippen LogP contribution is 2.29. The van der Waals surface area contributed by atoms with Gasteiger partial charge in [-0.3, -0.25) is 0 Å². The van der Waals surface area contributed by atoms with Gasteiger partial charge in [0.1, 0.15) is 23.5 Å². The molecule has 0 aliphatic heterocycles. The lowest BCUT2D eigenvalue weighted by molar-refractivity contribution is 0.597. The van der Waals surface area contributed by atoms with E-state index in [9.17, 15) is 12.8 Å². The maximum absolute atomic E-state index is 13.6. The Morgan fingerprint density at radius 2 is 2.04 bits per heavy atom. The van der Waals surface area contributed by atoms with E-state index in [2.05, 4.69) is 36.2 Å². The second-order valence-electron chi connectivity index (χ2n) is 5.94. The highest BCUT2D eigenvalue weighted by Gasteiger charge is 2.24. The summed E-state index contributed by atoms with van der Waals surface area (Å²) in [6.45, 7) is 1.62. The Hall–Kier alpha value is -1.97. The molecule has 6 nitrogen and oxygen atoms in total. The molecule has 1 aromatic carbocycles. The molecule has 10 heteroatoms. The first-order valence-corrected chi connectivity index (χ1v) is 10.8. The average molecular weight is 474 g/mol. The van der Waals surface area contributed by atoms with E-state index in [1.807, 2.05) is 0 Å². The van der Waals surface area contributed by atoms with E-state index in [-0.39, 0.29) is 10.0 Å². The van der Waals surface area contributed by atoms with E-state index < -0.39 is 21.7 Å². The largest absolute Gasteiger partial charge is 0.356 e. The molecule has 0 amide bonds. The average Bonchev–Trinajstić information content (AvgIpc) is 2.99. The molecule has 0 spiro atoms. The summed E-state index contributed by atoms with van der Waals surface area (Å²) in [4.78, 5) is 11.5. The van der Waals surface area contributed by atoms with Gasteiger partial charge >= 0.3 is 0 Å². The number of nitrogens with zero attached hydrogens (tertiary/aromatic N) is 2. The SMILES string of the molecule is Cc1[nH]c(C(Nc2ccc(Br)cn2)c2ccc(F)c(Cl)c2)nc1S(C)(=O)=O. The van der Waals surface area contributed by atoms with Gasteiger partial charge in [0.05, 0.1) is 10.7 Å². The molecular formula is C17H15BrClFN4O2S. The number of aromatic amines is 1. The summed E-state index contributed by atoms with van der Waals surface area (Å²) in [6, 6.07) is 7.19. The molecule has 2 heterocycles. The summed E-state index contributed by atoms with van der Waals surface area (Å²) in [6.07, 6.45) is 2.71. The number of aromatic nitrogens is 3. The fourth-order valence-electron chi connectivity index (χ4n) is 2.58. The fraction of sp³-hybridized carbons (Fsp3) is 0.176. The molecule has 1 unspecified atom stereocenters. The van der Waals surface area contributed by atoms with Crippen LogP contribution in [0.5, 0.6) is 0 Å². The smallest absolute Gasteiger partial charge is 0.194 e. The van der Waals surface area contributed by atoms with Crippen LogP contribution in [0.25, 0.3) is 0 Å². The number of halogens is 3. The molecular weight excluding hydrogens is 459 g/mol. The van der Waals surface area contributed by atoms with Crippen molar-refractivity contribution in [2.45, 2.75) is 18.0 Å². The number of benzene rings is 1. The number of anilines is 1. The van der Waals surface area contributed by atoms with E-state index in [0.29, 0.717) is 22.9 Å². The Labute approximate surface area is 169 Å². The van der Waals surface area contributed by atoms with Crippen molar-refractivity contribution >= 4 is 43.2 Å². The monoisotopic (exact) mass is 472 g/mol. The number of nitrogens with one attached hydrogen (secondary N) is 2. The van der Waals surface area contributed by atoms with Gasteiger partial charge in [-0.15, -0.1) is 0 Å². The summed E-state index contributed by atoms with van der Waals surface area (Å²) in [5.74, 6) is 0.326. The van der Waals surface area contributed by atoms with Crippen molar-refractivity contribution in [1.29, 1.82) is 0 Å². The van der Waals surface area contributed by atoms with Crippen LogP contribution in [0.4, 0.5) is 10.2 Å². The molecule has 3 aromatic rings. The summed E-state index contributed by atoms with van der Waals surface area (Å²) in [5.41, 5.74) is 1.01. The molecule has 2 N–H and O–H groups in total. The summed E-state index contributed by atoms with van der Waals surface area (Å²) in [7, 11) is -3.50. The molecule has 0 saturated carbocycles. The third kappa shape index (κ3) is 4.48. The minimum Gasteiger partial charge on any atom is -0.356 e. The zero-order valence-electron chi connectivity index (χ0n) is 14.3. The van der Waals surface area contributed by atoms with E-state index in [4.69, 9.17) is 11.6 Å². The maximum Gasteiger partial charge on any atom is 0.194 e. The van der Waals surface area contributed by atoms with Crippen LogP contribution in [0.2, 0.25) is 5.02 Å². The highest BCUT2D eigenvalue weighted by molar-refractivity contribution is 9.10. The van der Waals surface area contributed by atoms with Gasteiger partial charge < -0.3 is 10.3 Å². The first-order chi connectivity index (χ1) is 12.6. The topological polar surface area (TPSA) is 87.7 Å². The highest BCUT2D eigenvalue weighted by atomic mass is 79.9. The minimum absolute atomic E-state index is 0.0405. The molecule has 0 fully saturated rings. The van der Waals surface area contributed by atoms with Crippen LogP contribution in [0.1, 0.15) is 23.1 Å². The van der Waals surface area contributed by atoms with Gasteiger partial charge in [-0.05, 0) is 52.7 Å². The Kier molecular flexibility index (Phi) is 5.55. The number of aryl methyl sites for hydroxylation is 1. The van der Waals surface area contributed by atoms with Crippen molar-refractivity contribution in [2.24, 2.45) is 0 Å². The lowest BCUT2D eigenvalue weighted by Gasteiger charge is -2.18. The lowest BCUT2D eigenvalue weighted by atomic mass is 10.1. The van der Waals surface area contributed by atoms with Crippen molar-refractivity contribution in [3.8, 4) is 0 Å². The van der Waals surface area contributed by atoms with E-state index in [0.717, 1.165) is 10.7 Å². The van der Waals surface area contributed by atoms with Crippen molar-refractivity contribution in [3.63, 3.8) is 0 Å². The van der Waals surface area contributed by atoms with Crippen molar-refractivity contribution in [1.82, 2.24) is 15.0 Å². The maximum atomic E-state index is 13.6. The molecule has 0 aliphatic rings. The molecule has 0 saturated heterocycles. The standard InChI is InChI=1S/C17H15BrClFN4O2S/c1-9-17(27(2,25)26)24-16(22-9)15(10-3-5-13(20)12(19)7-10)23-14-6-4-11(18)8-21-14/h3-8,15H,1-2H3,(H,21,23)(H,22,24). The molecule has 0 radical (unpaired) electrons. The number of hydrogen-bond acceptors (Lipinski definition) is 5. The fourth-order valence-corrected chi connectivity index (χ4v) is 3.87. The van der Waals surface area contributed by atoms with Gasteiger partial charge in [0.2, 0.25) is 0 Å². The third-order valence-corrected chi connectivity index (χ3v) is 5.64. The van der Waals surface area contributed by atoms with E-state index in [1.54, 1.807) is 31.3 Å². The number of hydrogen-bond donors (Lipinski definition) is 2. The molecule has 3 rings (SSSR count).